The van der Waals surface area contributed by atoms with Gasteiger partial charge in [-0.05, 0) is 146 Å². The predicted octanol–water partition coefficient (Wildman–Crippen LogP) is 5.53. The Kier molecular flexibility index (Phi) is 15.0. The van der Waals surface area contributed by atoms with E-state index in [1.165, 1.54) is 54.2 Å². The number of carbonyl (C=O) groups excluding carboxylic acids is 4. The molecule has 67 heavy (non-hydrogen) atoms. The monoisotopic (exact) mass is 977 g/mol. The second kappa shape index (κ2) is 19.9. The van der Waals surface area contributed by atoms with Crippen molar-refractivity contribution in [3.63, 3.8) is 0 Å². The molecule has 1 aliphatic rings. The van der Waals surface area contributed by atoms with Crippen molar-refractivity contribution in [2.24, 2.45) is 13.0 Å². The number of rotatable bonds is 17. The van der Waals surface area contributed by atoms with Crippen molar-refractivity contribution >= 4 is 54.3 Å². The summed E-state index contributed by atoms with van der Waals surface area (Å²) >= 11 is 6.72. The van der Waals surface area contributed by atoms with Crippen LogP contribution in [-0.4, -0.2) is 105 Å². The average molecular weight is 979 g/mol. The molecule has 358 valence electrons. The van der Waals surface area contributed by atoms with E-state index < -0.39 is 48.8 Å². The Morgan fingerprint density at radius 3 is 2.15 bits per heavy atom. The molecule has 2 N–H and O–H groups in total. The molecule has 0 spiro atoms. The molecule has 3 unspecified atom stereocenters. The van der Waals surface area contributed by atoms with E-state index in [2.05, 4.69) is 24.6 Å². The normalized spacial score (nSPS) is 15.2. The molecule has 3 atom stereocenters. The minimum atomic E-state index is -4.38. The topological polar surface area (TPSA) is 199 Å². The van der Waals surface area contributed by atoms with E-state index in [-0.39, 0.29) is 46.3 Å². The van der Waals surface area contributed by atoms with Crippen molar-refractivity contribution in [2.45, 2.75) is 94.1 Å². The van der Waals surface area contributed by atoms with E-state index in [0.29, 0.717) is 64.2 Å². The van der Waals surface area contributed by atoms with Crippen molar-refractivity contribution in [1.29, 1.82) is 0 Å². The minimum absolute atomic E-state index is 0.0542. The van der Waals surface area contributed by atoms with Gasteiger partial charge in [0.1, 0.15) is 11.5 Å². The fourth-order valence-corrected chi connectivity index (χ4v) is 11.3. The first kappa shape index (κ1) is 50.7. The Bertz CT molecular complexity index is 2990. The highest BCUT2D eigenvalue weighted by Gasteiger charge is 2.34. The maximum absolute atomic E-state index is 16.3. The molecule has 2 aromatic carbocycles. The van der Waals surface area contributed by atoms with Gasteiger partial charge in [-0.15, -0.1) is 0 Å². The van der Waals surface area contributed by atoms with Gasteiger partial charge in [0.2, 0.25) is 17.0 Å². The average Bonchev–Trinajstić information content (AvgIpc) is 4.02. The van der Waals surface area contributed by atoms with Crippen molar-refractivity contribution in [1.82, 2.24) is 43.8 Å². The van der Waals surface area contributed by atoms with Crippen molar-refractivity contribution < 1.29 is 36.2 Å². The summed E-state index contributed by atoms with van der Waals surface area (Å²) in [5, 5.41) is 9.67. The first-order chi connectivity index (χ1) is 31.3. The zero-order valence-corrected chi connectivity index (χ0v) is 41.7. The molecule has 0 saturated heterocycles. The molecule has 0 bridgehead atoms. The van der Waals surface area contributed by atoms with E-state index in [1.807, 2.05) is 53.6 Å². The predicted molar refractivity (Wildman–Crippen MR) is 253 cm³/mol. The number of hydrogen-bond donors (Lipinski definition) is 2. The lowest BCUT2D eigenvalue weighted by Crippen LogP contribution is -2.38. The summed E-state index contributed by atoms with van der Waals surface area (Å²) in [6.45, 7) is 10.3. The van der Waals surface area contributed by atoms with Crippen molar-refractivity contribution in [2.75, 3.05) is 34.7 Å². The van der Waals surface area contributed by atoms with E-state index in [1.54, 1.807) is 47.5 Å². The van der Waals surface area contributed by atoms with Crippen LogP contribution < -0.4 is 9.44 Å². The van der Waals surface area contributed by atoms with Crippen molar-refractivity contribution in [3.8, 4) is 11.1 Å². The highest BCUT2D eigenvalue weighted by molar-refractivity contribution is 7.99. The third kappa shape index (κ3) is 11.2. The zero-order valence-electron chi connectivity index (χ0n) is 39.3. The van der Waals surface area contributed by atoms with Crippen LogP contribution in [0.15, 0.2) is 71.1 Å². The van der Waals surface area contributed by atoms with Gasteiger partial charge in [-0.1, -0.05) is 32.4 Å². The SMILES string of the molecule is CC(C)c1cc(Cl)cc(C(C)CC2Cc3c(F)cc(-c4ccncc4)c(CC(=O)NS(=O)(=O)c4ccn(C(C)(C)CN(C)C)n4)c3C2)c1CC(=O)NS(=O)(=C=O)c1cc(C(=O)N(C)C)n(C)n1. The van der Waals surface area contributed by atoms with Gasteiger partial charge in [0.25, 0.3) is 15.9 Å². The lowest BCUT2D eigenvalue weighted by Gasteiger charge is -2.28. The lowest BCUT2D eigenvalue weighted by molar-refractivity contribution is -0.119. The summed E-state index contributed by atoms with van der Waals surface area (Å²) in [6.07, 6.45) is 5.19. The molecule has 5 aromatic rings. The third-order valence-electron chi connectivity index (χ3n) is 12.0. The van der Waals surface area contributed by atoms with Gasteiger partial charge in [-0.2, -0.15) is 18.6 Å². The van der Waals surface area contributed by atoms with Gasteiger partial charge in [-0.25, -0.2) is 18.1 Å². The summed E-state index contributed by atoms with van der Waals surface area (Å²) in [5.41, 5.74) is 4.20. The van der Waals surface area contributed by atoms with E-state index in [4.69, 9.17) is 11.6 Å². The Balaban J connectivity index is 1.27. The van der Waals surface area contributed by atoms with Crippen LogP contribution in [0.1, 0.15) is 96.7 Å². The van der Waals surface area contributed by atoms with Crippen LogP contribution in [0, 0.1) is 11.7 Å². The number of hydrogen-bond acceptors (Lipinski definition) is 11. The maximum atomic E-state index is 16.3. The number of aryl methyl sites for hydroxylation is 1. The van der Waals surface area contributed by atoms with Gasteiger partial charge in [0.05, 0.1) is 18.4 Å². The second-order valence-corrected chi connectivity index (χ2v) is 22.6. The molecule has 20 heteroatoms. The number of carbonyl (C=O) groups is 3. The van der Waals surface area contributed by atoms with E-state index in [0.717, 1.165) is 11.1 Å². The molecular weight excluding hydrogens is 921 g/mol. The van der Waals surface area contributed by atoms with Crippen LogP contribution in [0.5, 0.6) is 0 Å². The molecule has 3 aromatic heterocycles. The number of pyridine rings is 1. The molecule has 6 rings (SSSR count). The standard InChI is InChI=1S/C47H57ClFN9O7S2/c1-28(2)33-20-32(48)21-34(37(33)23-42(60)53-66(63,27-59)45-25-41(57(10)51-45)46(62)56(8)9)29(3)17-30-18-36-38(35(22-40(49)39(36)19-30)31-11-14-50-15-12-31)24-43(61)54-67(64,65)44-13-16-58(52-44)47(4,5)26-55(6)7/h11-16,20-22,25,28-30H,17-19,23-24,26H2,1-10H3,(H,54,61)(H,53,60,63). The van der Waals surface area contributed by atoms with Crippen LogP contribution in [-0.2, 0) is 72.4 Å². The van der Waals surface area contributed by atoms with E-state index in [9.17, 15) is 31.8 Å². The number of fused-ring (bicyclic) bond motifs is 1. The molecule has 16 nitrogen and oxygen atoms in total. The van der Waals surface area contributed by atoms with Crippen LogP contribution >= 0.6 is 11.6 Å². The second-order valence-electron chi connectivity index (χ2n) is 18.6. The Morgan fingerprint density at radius 2 is 1.52 bits per heavy atom. The van der Waals surface area contributed by atoms with Gasteiger partial charge < -0.3 is 9.80 Å². The zero-order chi connectivity index (χ0) is 49.3. The molecule has 0 fully saturated rings. The quantitative estimate of drug-likeness (QED) is 0.111. The summed E-state index contributed by atoms with van der Waals surface area (Å²) in [4.78, 5) is 59.9. The summed E-state index contributed by atoms with van der Waals surface area (Å²) < 4.78 is 64.6. The fourth-order valence-electron chi connectivity index (χ4n) is 9.05. The lowest BCUT2D eigenvalue weighted by atomic mass is 9.82. The smallest absolute Gasteiger partial charge is 0.283 e. The minimum Gasteiger partial charge on any atom is -0.343 e. The number of nitrogens with zero attached hydrogens (tertiary/aromatic N) is 7. The number of benzene rings is 2. The van der Waals surface area contributed by atoms with Gasteiger partial charge >= 0.3 is 0 Å². The highest BCUT2D eigenvalue weighted by atomic mass is 35.5. The largest absolute Gasteiger partial charge is 0.343 e. The molecule has 0 aliphatic heterocycles. The summed E-state index contributed by atoms with van der Waals surface area (Å²) in [5.74, 6) is -2.99. The van der Waals surface area contributed by atoms with Crippen LogP contribution in [0.4, 0.5) is 4.39 Å². The summed E-state index contributed by atoms with van der Waals surface area (Å²) in [6, 6.07) is 10.9. The van der Waals surface area contributed by atoms with Gasteiger partial charge in [-0.3, -0.25) is 33.5 Å². The van der Waals surface area contributed by atoms with Crippen LogP contribution in [0.25, 0.3) is 11.1 Å². The molecule has 0 saturated carbocycles. The number of nitrogens with one attached hydrogen (secondary N) is 2. The Labute approximate surface area is 396 Å². The molecular formula is C47H57ClFN9O7S2. The number of likely N-dealkylation sites (N-methyl/N-ethyl adjacent to an activating group) is 1. The summed E-state index contributed by atoms with van der Waals surface area (Å²) in [7, 11) is -0.0897. The van der Waals surface area contributed by atoms with Gasteiger partial charge in [0.15, 0.2) is 19.8 Å². The van der Waals surface area contributed by atoms with Gasteiger partial charge in [0, 0.05) is 57.4 Å². The first-order valence-corrected chi connectivity index (χ1v) is 25.1. The van der Waals surface area contributed by atoms with Crippen LogP contribution in [0.2, 0.25) is 5.02 Å². The Hall–Kier alpha value is -5.72. The number of halogens is 2. The molecule has 3 heterocycles. The van der Waals surface area contributed by atoms with E-state index >= 15 is 4.39 Å². The first-order valence-electron chi connectivity index (χ1n) is 21.7. The fraction of sp³-hybridized carbons (Fsp3) is 0.426. The maximum Gasteiger partial charge on any atom is 0.283 e. The Morgan fingerprint density at radius 1 is 0.896 bits per heavy atom. The molecule has 3 amide bonds. The number of sulfonamides is 1. The highest BCUT2D eigenvalue weighted by Crippen LogP contribution is 2.42. The number of aromatic nitrogens is 5. The van der Waals surface area contributed by atoms with Crippen LogP contribution in [0.3, 0.4) is 0 Å². The van der Waals surface area contributed by atoms with Crippen molar-refractivity contribution in [3.05, 3.63) is 111 Å². The molecule has 0 radical (unpaired) electrons. The molecule has 1 aliphatic carbocycles. The number of amides is 3. The third-order valence-corrected chi connectivity index (χ3v) is 15.0.